The van der Waals surface area contributed by atoms with Crippen LogP contribution in [-0.2, 0) is 23.6 Å². The molecule has 0 aromatic heterocycles. The average Bonchev–Trinajstić information content (AvgIpc) is 2.34. The summed E-state index contributed by atoms with van der Waals surface area (Å²) in [6.45, 7) is -1.77. The summed E-state index contributed by atoms with van der Waals surface area (Å²) in [6.07, 6.45) is -16.4. The van der Waals surface area contributed by atoms with E-state index >= 15 is 0 Å². The Morgan fingerprint density at radius 3 is 1.67 bits per heavy atom. The second kappa shape index (κ2) is 6.69. The highest BCUT2D eigenvalue weighted by atomic mass is 35.5. The summed E-state index contributed by atoms with van der Waals surface area (Å²) in [5.41, 5.74) is -4.45. The lowest BCUT2D eigenvalue weighted by molar-refractivity contribution is -0.143. The Labute approximate surface area is 133 Å². The quantitative estimate of drug-likeness (QED) is 0.755. The molecule has 0 saturated carbocycles. The molecule has 136 valence electrons. The van der Waals surface area contributed by atoms with Crippen molar-refractivity contribution in [3.05, 3.63) is 33.8 Å². The Morgan fingerprint density at radius 2 is 1.33 bits per heavy atom. The van der Waals surface area contributed by atoms with E-state index in [2.05, 4.69) is 0 Å². The Balaban J connectivity index is 3.18. The van der Waals surface area contributed by atoms with Crippen LogP contribution >= 0.6 is 11.6 Å². The molecule has 0 unspecified atom stereocenters. The van der Waals surface area contributed by atoms with Gasteiger partial charge in [0, 0.05) is 0 Å². The maximum Gasteiger partial charge on any atom is 0.417 e. The number of hydrogen-bond acceptors (Lipinski definition) is 1. The molecule has 1 aromatic rings. The van der Waals surface area contributed by atoms with Gasteiger partial charge < -0.3 is 5.32 Å². The number of hydrogen-bond donors (Lipinski definition) is 1. The number of carbonyl (C=O) groups is 1. The van der Waals surface area contributed by atoms with Gasteiger partial charge >= 0.3 is 18.5 Å². The molecular formula is C12H7ClF9NO. The Kier molecular flexibility index (Phi) is 5.69. The second-order valence-electron chi connectivity index (χ2n) is 4.57. The molecule has 0 heterocycles. The van der Waals surface area contributed by atoms with Gasteiger partial charge in [-0.1, -0.05) is 11.6 Å². The number of amides is 1. The molecule has 1 aromatic carbocycles. The monoisotopic (exact) mass is 387 g/mol. The van der Waals surface area contributed by atoms with Crippen LogP contribution in [0.2, 0.25) is 5.02 Å². The standard InChI is InChI=1S/C12H7ClF9NO/c13-9-6(11(17,18)19)1-5(2-7(9)12(20,21)22)3-8(24)23-4-10(14,15)16/h1-2H,3-4H2,(H,23,24). The van der Waals surface area contributed by atoms with Gasteiger partial charge in [-0.05, 0) is 17.7 Å². The molecule has 0 saturated heterocycles. The van der Waals surface area contributed by atoms with Crippen molar-refractivity contribution in [1.29, 1.82) is 0 Å². The SMILES string of the molecule is O=C(Cc1cc(C(F)(F)F)c(Cl)c(C(F)(F)F)c1)NCC(F)(F)F. The molecule has 0 atom stereocenters. The van der Waals surface area contributed by atoms with Crippen LogP contribution in [0.15, 0.2) is 12.1 Å². The van der Waals surface area contributed by atoms with Crippen LogP contribution in [0.4, 0.5) is 39.5 Å². The molecule has 0 radical (unpaired) electrons. The highest BCUT2D eigenvalue weighted by Gasteiger charge is 2.41. The van der Waals surface area contributed by atoms with Gasteiger partial charge in [-0.2, -0.15) is 39.5 Å². The summed E-state index contributed by atoms with van der Waals surface area (Å²) in [5.74, 6) is -1.39. The lowest BCUT2D eigenvalue weighted by atomic mass is 10.0. The van der Waals surface area contributed by atoms with Crippen molar-refractivity contribution in [2.45, 2.75) is 24.9 Å². The molecule has 1 N–H and O–H groups in total. The first kappa shape index (κ1) is 20.4. The third-order valence-corrected chi connectivity index (χ3v) is 3.00. The van der Waals surface area contributed by atoms with E-state index in [1.54, 1.807) is 0 Å². The third-order valence-electron chi connectivity index (χ3n) is 2.59. The summed E-state index contributed by atoms with van der Waals surface area (Å²) in [6, 6.07) is 0.371. The van der Waals surface area contributed by atoms with E-state index in [1.165, 1.54) is 5.32 Å². The smallest absolute Gasteiger partial charge is 0.347 e. The molecular weight excluding hydrogens is 381 g/mol. The number of nitrogens with one attached hydrogen (secondary N) is 1. The maximum absolute atomic E-state index is 12.7. The van der Waals surface area contributed by atoms with Crippen LogP contribution in [0.5, 0.6) is 0 Å². The van der Waals surface area contributed by atoms with Crippen LogP contribution < -0.4 is 5.32 Å². The lowest BCUT2D eigenvalue weighted by Crippen LogP contribution is -2.34. The van der Waals surface area contributed by atoms with Crippen molar-refractivity contribution in [3.8, 4) is 0 Å². The zero-order chi connectivity index (χ0) is 18.9. The second-order valence-corrected chi connectivity index (χ2v) is 4.95. The molecule has 2 nitrogen and oxygen atoms in total. The molecule has 24 heavy (non-hydrogen) atoms. The van der Waals surface area contributed by atoms with Gasteiger partial charge in [0.2, 0.25) is 5.91 Å². The van der Waals surface area contributed by atoms with E-state index in [4.69, 9.17) is 11.6 Å². The molecule has 0 aliphatic heterocycles. The highest BCUT2D eigenvalue weighted by molar-refractivity contribution is 6.32. The van der Waals surface area contributed by atoms with Gasteiger partial charge in [0.15, 0.2) is 0 Å². The fraction of sp³-hybridized carbons (Fsp3) is 0.417. The molecule has 0 aliphatic carbocycles. The number of alkyl halides is 9. The zero-order valence-corrected chi connectivity index (χ0v) is 12.0. The molecule has 0 spiro atoms. The number of benzene rings is 1. The topological polar surface area (TPSA) is 29.1 Å². The predicted octanol–water partition coefficient (Wildman–Crippen LogP) is 4.60. The Bertz CT molecular complexity index is 583. The van der Waals surface area contributed by atoms with Crippen LogP contribution in [0, 0.1) is 0 Å². The normalized spacial score (nSPS) is 13.1. The number of rotatable bonds is 3. The summed E-state index contributed by atoms with van der Waals surface area (Å²) in [5, 5.41) is -0.260. The van der Waals surface area contributed by atoms with Gasteiger partial charge in [-0.25, -0.2) is 0 Å². The van der Waals surface area contributed by atoms with Gasteiger partial charge in [0.05, 0.1) is 22.6 Å². The maximum atomic E-state index is 12.7. The van der Waals surface area contributed by atoms with Gasteiger partial charge in [-0.15, -0.1) is 0 Å². The average molecular weight is 388 g/mol. The lowest BCUT2D eigenvalue weighted by Gasteiger charge is -2.17. The molecule has 12 heteroatoms. The number of carbonyl (C=O) groups excluding carboxylic acids is 1. The van der Waals surface area contributed by atoms with E-state index in [0.717, 1.165) is 0 Å². The Hall–Kier alpha value is -1.65. The molecule has 0 fully saturated rings. The number of halogens is 10. The van der Waals surface area contributed by atoms with Crippen LogP contribution in [0.25, 0.3) is 0 Å². The summed E-state index contributed by atoms with van der Waals surface area (Å²) >= 11 is 5.12. The van der Waals surface area contributed by atoms with Crippen molar-refractivity contribution in [2.75, 3.05) is 6.54 Å². The molecule has 1 amide bonds. The predicted molar refractivity (Wildman–Crippen MR) is 64.2 cm³/mol. The van der Waals surface area contributed by atoms with Crippen molar-refractivity contribution in [1.82, 2.24) is 5.32 Å². The minimum absolute atomic E-state index is 0.185. The highest BCUT2D eigenvalue weighted by Crippen LogP contribution is 2.43. The zero-order valence-electron chi connectivity index (χ0n) is 11.3. The first-order valence-electron chi connectivity index (χ1n) is 5.91. The first-order valence-corrected chi connectivity index (χ1v) is 6.29. The first-order chi connectivity index (χ1) is 10.6. The van der Waals surface area contributed by atoms with Crippen molar-refractivity contribution in [3.63, 3.8) is 0 Å². The largest absolute Gasteiger partial charge is 0.417 e. The fourth-order valence-electron chi connectivity index (χ4n) is 1.65. The van der Waals surface area contributed by atoms with Crippen molar-refractivity contribution < 1.29 is 44.3 Å². The molecule has 0 aliphatic rings. The van der Waals surface area contributed by atoms with Crippen LogP contribution in [-0.4, -0.2) is 18.6 Å². The van der Waals surface area contributed by atoms with E-state index in [1.807, 2.05) is 0 Å². The van der Waals surface area contributed by atoms with E-state index in [-0.39, 0.29) is 12.1 Å². The summed E-state index contributed by atoms with van der Waals surface area (Å²) < 4.78 is 112. The molecule has 0 bridgehead atoms. The van der Waals surface area contributed by atoms with Crippen molar-refractivity contribution in [2.24, 2.45) is 0 Å². The van der Waals surface area contributed by atoms with Crippen LogP contribution in [0.1, 0.15) is 16.7 Å². The van der Waals surface area contributed by atoms with Crippen molar-refractivity contribution >= 4 is 17.5 Å². The minimum atomic E-state index is -5.24. The van der Waals surface area contributed by atoms with E-state index in [0.29, 0.717) is 0 Å². The van der Waals surface area contributed by atoms with Gasteiger partial charge in [0.25, 0.3) is 0 Å². The summed E-state index contributed by atoms with van der Waals surface area (Å²) in [4.78, 5) is 11.3. The van der Waals surface area contributed by atoms with Crippen LogP contribution in [0.3, 0.4) is 0 Å². The fourth-order valence-corrected chi connectivity index (χ4v) is 1.97. The third kappa shape index (κ3) is 5.77. The molecule has 1 rings (SSSR count). The van der Waals surface area contributed by atoms with E-state index in [9.17, 15) is 44.3 Å². The van der Waals surface area contributed by atoms with Gasteiger partial charge in [0.1, 0.15) is 6.54 Å². The Morgan fingerprint density at radius 1 is 0.917 bits per heavy atom. The summed E-state index contributed by atoms with van der Waals surface area (Å²) in [7, 11) is 0. The minimum Gasteiger partial charge on any atom is -0.347 e. The van der Waals surface area contributed by atoms with E-state index < -0.39 is 59.1 Å². The van der Waals surface area contributed by atoms with Gasteiger partial charge in [-0.3, -0.25) is 4.79 Å².